The molecule has 22 heavy (non-hydrogen) atoms. The summed E-state index contributed by atoms with van der Waals surface area (Å²) >= 11 is 6.15. The molecule has 5 nitrogen and oxygen atoms in total. The Morgan fingerprint density at radius 3 is 2.68 bits per heavy atom. The van der Waals surface area contributed by atoms with E-state index in [1.165, 1.54) is 0 Å². The summed E-state index contributed by atoms with van der Waals surface area (Å²) in [4.78, 5) is 26.0. The number of nitrogens with zero attached hydrogens (tertiary/aromatic N) is 1. The zero-order valence-electron chi connectivity index (χ0n) is 13.3. The van der Waals surface area contributed by atoms with E-state index < -0.39 is 17.7 Å². The minimum Gasteiger partial charge on any atom is -0.444 e. The van der Waals surface area contributed by atoms with Gasteiger partial charge in [-0.15, -0.1) is 0 Å². The molecule has 0 fully saturated rings. The summed E-state index contributed by atoms with van der Waals surface area (Å²) < 4.78 is 5.17. The number of fused-ring (bicyclic) bond motifs is 1. The molecule has 0 saturated carbocycles. The fourth-order valence-electron chi connectivity index (χ4n) is 2.40. The highest BCUT2D eigenvalue weighted by Crippen LogP contribution is 2.33. The predicted molar refractivity (Wildman–Crippen MR) is 86.3 cm³/mol. The zero-order chi connectivity index (χ0) is 16.5. The molecule has 0 radical (unpaired) electrons. The van der Waals surface area contributed by atoms with E-state index in [-0.39, 0.29) is 5.91 Å². The van der Waals surface area contributed by atoms with E-state index in [0.29, 0.717) is 11.6 Å². The number of rotatable bonds is 2. The van der Waals surface area contributed by atoms with Crippen molar-refractivity contribution >= 4 is 29.3 Å². The summed E-state index contributed by atoms with van der Waals surface area (Å²) in [5.74, 6) is -0.174. The molecule has 1 N–H and O–H groups in total. The smallest absolute Gasteiger partial charge is 0.408 e. The summed E-state index contributed by atoms with van der Waals surface area (Å²) in [6, 6.07) is 4.83. The molecule has 0 spiro atoms. The summed E-state index contributed by atoms with van der Waals surface area (Å²) in [6.07, 6.45) is 0.124. The zero-order valence-corrected chi connectivity index (χ0v) is 14.0. The van der Waals surface area contributed by atoms with Crippen molar-refractivity contribution in [3.63, 3.8) is 0 Å². The van der Waals surface area contributed by atoms with Gasteiger partial charge in [0.05, 0.1) is 0 Å². The summed E-state index contributed by atoms with van der Waals surface area (Å²) in [5.41, 5.74) is 1.19. The lowest BCUT2D eigenvalue weighted by molar-refractivity contribution is -0.120. The van der Waals surface area contributed by atoms with Gasteiger partial charge in [-0.3, -0.25) is 4.79 Å². The standard InChI is InChI=1S/C16H21ClN2O3/c1-10(18-15(21)22-16(2,3)4)14(20)19-9-8-11-12(17)6-5-7-13(11)19/h5-7,10H,8-9H2,1-4H3,(H,18,21)/t10-/m1/s1. The Morgan fingerprint density at radius 1 is 1.36 bits per heavy atom. The van der Waals surface area contributed by atoms with Gasteiger partial charge in [0.25, 0.3) is 0 Å². The van der Waals surface area contributed by atoms with Crippen LogP contribution in [-0.2, 0) is 16.0 Å². The Bertz CT molecular complexity index is 596. The molecular weight excluding hydrogens is 304 g/mol. The van der Waals surface area contributed by atoms with Crippen molar-refractivity contribution in [1.82, 2.24) is 5.32 Å². The molecule has 0 bridgehead atoms. The van der Waals surface area contributed by atoms with Gasteiger partial charge >= 0.3 is 6.09 Å². The van der Waals surface area contributed by atoms with Crippen molar-refractivity contribution in [2.24, 2.45) is 0 Å². The number of carbonyl (C=O) groups excluding carboxylic acids is 2. The Morgan fingerprint density at radius 2 is 2.05 bits per heavy atom. The number of amides is 2. The van der Waals surface area contributed by atoms with E-state index in [9.17, 15) is 9.59 Å². The van der Waals surface area contributed by atoms with Crippen LogP contribution >= 0.6 is 11.6 Å². The number of nitrogens with one attached hydrogen (secondary N) is 1. The molecule has 1 aliphatic heterocycles. The Balaban J connectivity index is 2.04. The Kier molecular flexibility index (Phi) is 4.66. The third-order valence-electron chi connectivity index (χ3n) is 3.34. The third-order valence-corrected chi connectivity index (χ3v) is 3.69. The maximum Gasteiger partial charge on any atom is 0.408 e. The minimum atomic E-state index is -0.667. The van der Waals surface area contributed by atoms with Gasteiger partial charge in [0, 0.05) is 17.3 Å². The molecule has 0 unspecified atom stereocenters. The maximum absolute atomic E-state index is 12.5. The van der Waals surface area contributed by atoms with Crippen LogP contribution in [0.5, 0.6) is 0 Å². The van der Waals surface area contributed by atoms with Gasteiger partial charge < -0.3 is 15.0 Å². The molecule has 1 aromatic carbocycles. The molecule has 6 heteroatoms. The van der Waals surface area contributed by atoms with Gasteiger partial charge in [-0.05, 0) is 51.8 Å². The van der Waals surface area contributed by atoms with Gasteiger partial charge in [-0.25, -0.2) is 4.79 Å². The van der Waals surface area contributed by atoms with Crippen molar-refractivity contribution in [1.29, 1.82) is 0 Å². The van der Waals surface area contributed by atoms with E-state index in [1.807, 2.05) is 18.2 Å². The first-order valence-corrected chi connectivity index (χ1v) is 7.65. The van der Waals surface area contributed by atoms with E-state index in [2.05, 4.69) is 5.32 Å². The molecule has 2 rings (SSSR count). The minimum absolute atomic E-state index is 0.174. The number of alkyl carbamates (subject to hydrolysis) is 1. The lowest BCUT2D eigenvalue weighted by Gasteiger charge is -2.24. The second kappa shape index (κ2) is 6.16. The van der Waals surface area contributed by atoms with Crippen LogP contribution in [0.4, 0.5) is 10.5 Å². The van der Waals surface area contributed by atoms with Gasteiger partial charge in [0.2, 0.25) is 5.91 Å². The second-order valence-corrected chi connectivity index (χ2v) is 6.75. The fraction of sp³-hybridized carbons (Fsp3) is 0.500. The lowest BCUT2D eigenvalue weighted by atomic mass is 10.1. The molecule has 0 aromatic heterocycles. The predicted octanol–water partition coefficient (Wildman–Crippen LogP) is 3.14. The highest BCUT2D eigenvalue weighted by Gasteiger charge is 2.30. The van der Waals surface area contributed by atoms with Crippen LogP contribution in [0.15, 0.2) is 18.2 Å². The highest BCUT2D eigenvalue weighted by atomic mass is 35.5. The van der Waals surface area contributed by atoms with Crippen molar-refractivity contribution in [2.45, 2.75) is 45.8 Å². The van der Waals surface area contributed by atoms with Crippen LogP contribution in [0, 0.1) is 0 Å². The highest BCUT2D eigenvalue weighted by molar-refractivity contribution is 6.32. The number of anilines is 1. The van der Waals surface area contributed by atoms with Crippen LogP contribution in [0.3, 0.4) is 0 Å². The SMILES string of the molecule is C[C@@H](NC(=O)OC(C)(C)C)C(=O)N1CCc2c(Cl)cccc21. The van der Waals surface area contributed by atoms with Crippen LogP contribution in [0.1, 0.15) is 33.3 Å². The van der Waals surface area contributed by atoms with Crippen molar-refractivity contribution in [3.8, 4) is 0 Å². The molecule has 1 atom stereocenters. The molecule has 1 aromatic rings. The van der Waals surface area contributed by atoms with E-state index in [4.69, 9.17) is 16.3 Å². The van der Waals surface area contributed by atoms with Gasteiger partial charge in [-0.1, -0.05) is 17.7 Å². The molecule has 1 heterocycles. The monoisotopic (exact) mass is 324 g/mol. The number of hydrogen-bond donors (Lipinski definition) is 1. The first-order chi connectivity index (χ1) is 10.2. The van der Waals surface area contributed by atoms with Crippen LogP contribution in [0.25, 0.3) is 0 Å². The summed E-state index contributed by atoms with van der Waals surface area (Å²) in [6.45, 7) is 7.54. The van der Waals surface area contributed by atoms with E-state index >= 15 is 0 Å². The van der Waals surface area contributed by atoms with Crippen LogP contribution < -0.4 is 10.2 Å². The first kappa shape index (κ1) is 16.6. The maximum atomic E-state index is 12.5. The first-order valence-electron chi connectivity index (χ1n) is 7.27. The number of benzene rings is 1. The average molecular weight is 325 g/mol. The number of hydrogen-bond acceptors (Lipinski definition) is 3. The molecule has 120 valence electrons. The fourth-order valence-corrected chi connectivity index (χ4v) is 2.66. The van der Waals surface area contributed by atoms with E-state index in [0.717, 1.165) is 17.7 Å². The number of carbonyl (C=O) groups is 2. The van der Waals surface area contributed by atoms with Crippen molar-refractivity contribution in [3.05, 3.63) is 28.8 Å². The number of ether oxygens (including phenoxy) is 1. The Hall–Kier alpha value is -1.75. The van der Waals surface area contributed by atoms with Gasteiger partial charge in [0.15, 0.2) is 0 Å². The normalized spacial score (nSPS) is 15.2. The molecular formula is C16H21ClN2O3. The third kappa shape index (κ3) is 3.71. The van der Waals surface area contributed by atoms with Crippen LogP contribution in [0.2, 0.25) is 5.02 Å². The lowest BCUT2D eigenvalue weighted by Crippen LogP contribution is -2.47. The number of halogens is 1. The molecule has 2 amide bonds. The summed E-state index contributed by atoms with van der Waals surface area (Å²) in [7, 11) is 0. The molecule has 0 saturated heterocycles. The Labute approximate surface area is 135 Å². The van der Waals surface area contributed by atoms with Gasteiger partial charge in [0.1, 0.15) is 11.6 Å². The van der Waals surface area contributed by atoms with Crippen molar-refractivity contribution in [2.75, 3.05) is 11.4 Å². The van der Waals surface area contributed by atoms with E-state index in [1.54, 1.807) is 32.6 Å². The van der Waals surface area contributed by atoms with Crippen LogP contribution in [-0.4, -0.2) is 30.2 Å². The largest absolute Gasteiger partial charge is 0.444 e. The van der Waals surface area contributed by atoms with Gasteiger partial charge in [-0.2, -0.15) is 0 Å². The summed E-state index contributed by atoms with van der Waals surface area (Å²) in [5, 5.41) is 3.24. The molecule has 0 aliphatic carbocycles. The molecule has 1 aliphatic rings. The second-order valence-electron chi connectivity index (χ2n) is 6.35. The van der Waals surface area contributed by atoms with Crippen molar-refractivity contribution < 1.29 is 14.3 Å². The topological polar surface area (TPSA) is 58.6 Å². The quantitative estimate of drug-likeness (QED) is 0.909. The average Bonchev–Trinajstić information content (AvgIpc) is 2.80.